The molecule has 9 heteroatoms. The van der Waals surface area contributed by atoms with Crippen LogP contribution in [-0.2, 0) is 19.6 Å². The van der Waals surface area contributed by atoms with Gasteiger partial charge >= 0.3 is 6.18 Å². The molecule has 0 aromatic carbocycles. The van der Waals surface area contributed by atoms with Crippen molar-refractivity contribution in [3.63, 3.8) is 0 Å². The number of aromatic nitrogens is 3. The minimum absolute atomic E-state index is 0.301. The molecule has 0 fully saturated rings. The Bertz CT molecular complexity index is 836. The van der Waals surface area contributed by atoms with Gasteiger partial charge in [0, 0.05) is 24.3 Å². The van der Waals surface area contributed by atoms with Crippen LogP contribution in [-0.4, -0.2) is 32.7 Å². The third kappa shape index (κ3) is 4.70. The molecule has 3 aromatic rings. The summed E-state index contributed by atoms with van der Waals surface area (Å²) in [4.78, 5) is 10.4. The van der Waals surface area contributed by atoms with Gasteiger partial charge in [-0.05, 0) is 26.1 Å². The van der Waals surface area contributed by atoms with E-state index in [0.717, 1.165) is 26.8 Å². The van der Waals surface area contributed by atoms with E-state index >= 15 is 0 Å². The van der Waals surface area contributed by atoms with E-state index in [1.165, 1.54) is 23.7 Å². The molecule has 5 nitrogen and oxygen atoms in total. The fraction of sp³-hybridized carbons (Fsp3) is 0.375. The fourth-order valence-corrected chi connectivity index (χ4v) is 3.22. The smallest absolute Gasteiger partial charge is 0.406 e. The summed E-state index contributed by atoms with van der Waals surface area (Å²) < 4.78 is 44.4. The molecule has 0 saturated heterocycles. The van der Waals surface area contributed by atoms with E-state index in [-0.39, 0.29) is 0 Å². The maximum Gasteiger partial charge on any atom is 0.406 e. The van der Waals surface area contributed by atoms with Crippen molar-refractivity contribution in [2.75, 3.05) is 7.05 Å². The SMILES string of the molecule is Cc1ccc(-c2nc(CN(C)Cc3nccn3CC(F)(F)F)cs2)o1. The minimum Gasteiger partial charge on any atom is -0.459 e. The number of halogens is 3. The molecule has 25 heavy (non-hydrogen) atoms. The van der Waals surface area contributed by atoms with E-state index in [0.29, 0.717) is 18.9 Å². The number of rotatable bonds is 6. The molecular weight excluding hydrogens is 353 g/mol. The van der Waals surface area contributed by atoms with Crippen LogP contribution >= 0.6 is 11.3 Å². The lowest BCUT2D eigenvalue weighted by atomic mass is 10.4. The van der Waals surface area contributed by atoms with Crippen LogP contribution in [0.5, 0.6) is 0 Å². The van der Waals surface area contributed by atoms with E-state index in [9.17, 15) is 13.2 Å². The molecule has 134 valence electrons. The molecule has 0 bridgehead atoms. The Balaban J connectivity index is 1.63. The molecule has 3 rings (SSSR count). The molecule has 0 unspecified atom stereocenters. The number of aryl methyl sites for hydroxylation is 1. The molecule has 0 spiro atoms. The first-order chi connectivity index (χ1) is 11.8. The third-order valence-electron chi connectivity index (χ3n) is 3.50. The molecule has 0 amide bonds. The topological polar surface area (TPSA) is 47.1 Å². The van der Waals surface area contributed by atoms with Crippen LogP contribution in [0.15, 0.2) is 34.3 Å². The van der Waals surface area contributed by atoms with Crippen molar-refractivity contribution in [3.05, 3.63) is 47.2 Å². The van der Waals surface area contributed by atoms with Crippen molar-refractivity contribution in [1.29, 1.82) is 0 Å². The molecule has 0 saturated carbocycles. The van der Waals surface area contributed by atoms with Gasteiger partial charge in [-0.3, -0.25) is 4.90 Å². The Morgan fingerprint density at radius 3 is 2.76 bits per heavy atom. The zero-order valence-electron chi connectivity index (χ0n) is 13.7. The third-order valence-corrected chi connectivity index (χ3v) is 4.40. The molecule has 0 radical (unpaired) electrons. The number of nitrogens with zero attached hydrogens (tertiary/aromatic N) is 4. The van der Waals surface area contributed by atoms with Gasteiger partial charge in [0.1, 0.15) is 18.1 Å². The van der Waals surface area contributed by atoms with Gasteiger partial charge < -0.3 is 8.98 Å². The van der Waals surface area contributed by atoms with E-state index in [1.54, 1.807) is 0 Å². The average molecular weight is 370 g/mol. The average Bonchev–Trinajstić information content (AvgIpc) is 3.20. The normalized spacial score (nSPS) is 12.2. The van der Waals surface area contributed by atoms with Gasteiger partial charge in [0.25, 0.3) is 0 Å². The van der Waals surface area contributed by atoms with Crippen molar-refractivity contribution in [1.82, 2.24) is 19.4 Å². The molecule has 3 heterocycles. The van der Waals surface area contributed by atoms with Gasteiger partial charge in [0.15, 0.2) is 10.8 Å². The Morgan fingerprint density at radius 2 is 2.08 bits per heavy atom. The van der Waals surface area contributed by atoms with E-state index in [2.05, 4.69) is 9.97 Å². The predicted molar refractivity (Wildman–Crippen MR) is 88.0 cm³/mol. The molecule has 0 N–H and O–H groups in total. The fourth-order valence-electron chi connectivity index (χ4n) is 2.44. The number of hydrogen-bond acceptors (Lipinski definition) is 5. The van der Waals surface area contributed by atoms with Crippen molar-refractivity contribution >= 4 is 11.3 Å². The largest absolute Gasteiger partial charge is 0.459 e. The molecule has 3 aromatic heterocycles. The highest BCUT2D eigenvalue weighted by Crippen LogP contribution is 2.26. The summed E-state index contributed by atoms with van der Waals surface area (Å²) in [7, 11) is 1.82. The van der Waals surface area contributed by atoms with Crippen molar-refractivity contribution in [2.45, 2.75) is 32.7 Å². The highest BCUT2D eigenvalue weighted by Gasteiger charge is 2.28. The number of hydrogen-bond donors (Lipinski definition) is 0. The highest BCUT2D eigenvalue weighted by molar-refractivity contribution is 7.13. The lowest BCUT2D eigenvalue weighted by Crippen LogP contribution is -2.24. The van der Waals surface area contributed by atoms with E-state index in [4.69, 9.17) is 4.42 Å². The zero-order chi connectivity index (χ0) is 18.0. The van der Waals surface area contributed by atoms with Crippen LogP contribution in [0.1, 0.15) is 17.3 Å². The molecule has 0 aliphatic carbocycles. The Morgan fingerprint density at radius 1 is 1.28 bits per heavy atom. The number of alkyl halides is 3. The van der Waals surface area contributed by atoms with Crippen LogP contribution in [0.3, 0.4) is 0 Å². The zero-order valence-corrected chi connectivity index (χ0v) is 14.6. The van der Waals surface area contributed by atoms with E-state index in [1.807, 2.05) is 36.4 Å². The van der Waals surface area contributed by atoms with Crippen LogP contribution in [0.2, 0.25) is 0 Å². The highest BCUT2D eigenvalue weighted by atomic mass is 32.1. The van der Waals surface area contributed by atoms with E-state index < -0.39 is 12.7 Å². The summed E-state index contributed by atoms with van der Waals surface area (Å²) in [5, 5.41) is 2.71. The van der Waals surface area contributed by atoms with Gasteiger partial charge in [-0.1, -0.05) is 0 Å². The van der Waals surface area contributed by atoms with Crippen LogP contribution < -0.4 is 0 Å². The maximum atomic E-state index is 12.6. The lowest BCUT2D eigenvalue weighted by molar-refractivity contribution is -0.141. The standard InChI is InChI=1S/C16H17F3N4OS/c1-11-3-4-13(24-11)15-21-12(9-25-15)7-22(2)8-14-20-5-6-23(14)10-16(17,18)19/h3-6,9H,7-8,10H2,1-2H3. The quantitative estimate of drug-likeness (QED) is 0.655. The van der Waals surface area contributed by atoms with Crippen molar-refractivity contribution < 1.29 is 17.6 Å². The first-order valence-corrected chi connectivity index (χ1v) is 8.44. The summed E-state index contributed by atoms with van der Waals surface area (Å²) in [6, 6.07) is 3.75. The number of imidazole rings is 1. The van der Waals surface area contributed by atoms with Crippen LogP contribution in [0.25, 0.3) is 10.8 Å². The number of furan rings is 1. The second-order valence-electron chi connectivity index (χ2n) is 5.81. The Hall–Kier alpha value is -2.13. The summed E-state index contributed by atoms with van der Waals surface area (Å²) in [6.07, 6.45) is -1.54. The monoisotopic (exact) mass is 370 g/mol. The second kappa shape index (κ2) is 7.01. The van der Waals surface area contributed by atoms with Gasteiger partial charge in [0.2, 0.25) is 0 Å². The minimum atomic E-state index is -4.26. The summed E-state index contributed by atoms with van der Waals surface area (Å²) in [5.74, 6) is 1.91. The van der Waals surface area contributed by atoms with Gasteiger partial charge in [-0.15, -0.1) is 11.3 Å². The van der Waals surface area contributed by atoms with Gasteiger partial charge in [-0.25, -0.2) is 9.97 Å². The summed E-state index contributed by atoms with van der Waals surface area (Å²) in [5.41, 5.74) is 0.838. The Kier molecular flexibility index (Phi) is 4.96. The molecule has 0 aliphatic rings. The van der Waals surface area contributed by atoms with Crippen molar-refractivity contribution in [3.8, 4) is 10.8 Å². The van der Waals surface area contributed by atoms with Gasteiger partial charge in [0.05, 0.1) is 12.2 Å². The molecular formula is C16H17F3N4OS. The first kappa shape index (κ1) is 17.7. The lowest BCUT2D eigenvalue weighted by Gasteiger charge is -2.17. The van der Waals surface area contributed by atoms with Crippen LogP contribution in [0.4, 0.5) is 13.2 Å². The van der Waals surface area contributed by atoms with Crippen molar-refractivity contribution in [2.24, 2.45) is 0 Å². The molecule has 0 atom stereocenters. The second-order valence-corrected chi connectivity index (χ2v) is 6.67. The van der Waals surface area contributed by atoms with Crippen LogP contribution in [0, 0.1) is 6.92 Å². The number of thiazole rings is 1. The van der Waals surface area contributed by atoms with Gasteiger partial charge in [-0.2, -0.15) is 13.2 Å². The maximum absolute atomic E-state index is 12.6. The summed E-state index contributed by atoms with van der Waals surface area (Å²) in [6.45, 7) is 1.65. The Labute approximate surface area is 146 Å². The first-order valence-electron chi connectivity index (χ1n) is 7.57. The summed E-state index contributed by atoms with van der Waals surface area (Å²) >= 11 is 1.48. The molecule has 0 aliphatic heterocycles. The predicted octanol–water partition coefficient (Wildman–Crippen LogP) is 4.10.